The summed E-state index contributed by atoms with van der Waals surface area (Å²) in [4.78, 5) is 0. The molecule has 3 heteroatoms. The molecule has 3 N–H and O–H groups in total. The zero-order valence-corrected chi connectivity index (χ0v) is 11.0. The fraction of sp³-hybridized carbons (Fsp3) is 0.923. The van der Waals surface area contributed by atoms with Crippen molar-refractivity contribution in [2.45, 2.75) is 69.7 Å². The van der Waals surface area contributed by atoms with Gasteiger partial charge in [0, 0.05) is 5.54 Å². The summed E-state index contributed by atoms with van der Waals surface area (Å²) in [5.74, 6) is 0.808. The van der Waals surface area contributed by atoms with Crippen molar-refractivity contribution in [3.8, 4) is 0 Å². The number of rotatable bonds is 2. The fourth-order valence-electron chi connectivity index (χ4n) is 3.72. The maximum absolute atomic E-state index is 5.74. The molecule has 92 valence electrons. The molecule has 0 radical (unpaired) electrons. The number of thiocarbonyl (C=S) groups is 1. The van der Waals surface area contributed by atoms with Crippen molar-refractivity contribution in [1.29, 1.82) is 0 Å². The van der Waals surface area contributed by atoms with Gasteiger partial charge < -0.3 is 11.1 Å². The molecule has 0 aromatic heterocycles. The third-order valence-electron chi connectivity index (χ3n) is 4.50. The first-order valence-corrected chi connectivity index (χ1v) is 7.21. The number of hydrogen-bond acceptors (Lipinski definition) is 1. The molecular formula is C13H24N2S. The molecule has 16 heavy (non-hydrogen) atoms. The Balaban J connectivity index is 2.07. The lowest BCUT2D eigenvalue weighted by atomic mass is 9.67. The molecule has 2 aliphatic rings. The molecule has 0 aliphatic heterocycles. The van der Waals surface area contributed by atoms with E-state index in [2.05, 4.69) is 5.32 Å². The average molecular weight is 240 g/mol. The van der Waals surface area contributed by atoms with E-state index in [4.69, 9.17) is 18.0 Å². The summed E-state index contributed by atoms with van der Waals surface area (Å²) < 4.78 is 0. The molecule has 0 saturated heterocycles. The molecule has 0 heterocycles. The summed E-state index contributed by atoms with van der Waals surface area (Å²) in [6.45, 7) is 0. The summed E-state index contributed by atoms with van der Waals surface area (Å²) in [5.41, 5.74) is 5.99. The van der Waals surface area contributed by atoms with Gasteiger partial charge in [-0.05, 0) is 43.8 Å². The lowest BCUT2D eigenvalue weighted by Gasteiger charge is -2.46. The molecule has 0 bridgehead atoms. The monoisotopic (exact) mass is 240 g/mol. The van der Waals surface area contributed by atoms with Gasteiger partial charge in [0.15, 0.2) is 5.11 Å². The third kappa shape index (κ3) is 2.68. The highest BCUT2D eigenvalue weighted by Gasteiger charge is 2.40. The molecule has 0 spiro atoms. The number of nitrogens with two attached hydrogens (primary N) is 1. The van der Waals surface area contributed by atoms with Crippen LogP contribution in [0.5, 0.6) is 0 Å². The third-order valence-corrected chi connectivity index (χ3v) is 4.61. The van der Waals surface area contributed by atoms with E-state index in [9.17, 15) is 0 Å². The highest BCUT2D eigenvalue weighted by molar-refractivity contribution is 7.80. The summed E-state index contributed by atoms with van der Waals surface area (Å²) in [7, 11) is 0. The molecule has 0 unspecified atom stereocenters. The molecule has 2 fully saturated rings. The molecular weight excluding hydrogens is 216 g/mol. The Kier molecular flexibility index (Phi) is 4.06. The van der Waals surface area contributed by atoms with Crippen LogP contribution in [0.25, 0.3) is 0 Å². The van der Waals surface area contributed by atoms with Crippen molar-refractivity contribution in [3.05, 3.63) is 0 Å². The van der Waals surface area contributed by atoms with Crippen molar-refractivity contribution in [3.63, 3.8) is 0 Å². The van der Waals surface area contributed by atoms with Gasteiger partial charge in [-0.3, -0.25) is 0 Å². The van der Waals surface area contributed by atoms with Gasteiger partial charge in [-0.15, -0.1) is 0 Å². The molecule has 2 rings (SSSR count). The maximum Gasteiger partial charge on any atom is 0.164 e. The summed E-state index contributed by atoms with van der Waals surface area (Å²) in [6, 6.07) is 0. The molecule has 0 amide bonds. The summed E-state index contributed by atoms with van der Waals surface area (Å²) in [6.07, 6.45) is 13.6. The second-order valence-electron chi connectivity index (χ2n) is 5.54. The van der Waals surface area contributed by atoms with Gasteiger partial charge in [0.1, 0.15) is 0 Å². The second-order valence-corrected chi connectivity index (χ2v) is 5.98. The predicted molar refractivity (Wildman–Crippen MR) is 72.3 cm³/mol. The Morgan fingerprint density at radius 3 is 2.12 bits per heavy atom. The van der Waals surface area contributed by atoms with Crippen LogP contribution in [0.1, 0.15) is 64.2 Å². The quantitative estimate of drug-likeness (QED) is 0.728. The first-order chi connectivity index (χ1) is 7.73. The van der Waals surface area contributed by atoms with E-state index in [1.807, 2.05) is 0 Å². The maximum atomic E-state index is 5.74. The van der Waals surface area contributed by atoms with Gasteiger partial charge in [-0.25, -0.2) is 0 Å². The van der Waals surface area contributed by atoms with E-state index in [1.165, 1.54) is 64.2 Å². The van der Waals surface area contributed by atoms with Gasteiger partial charge in [-0.2, -0.15) is 0 Å². The Hall–Kier alpha value is -0.310. The average Bonchev–Trinajstić information content (AvgIpc) is 2.30. The van der Waals surface area contributed by atoms with Crippen LogP contribution in [0.2, 0.25) is 0 Å². The van der Waals surface area contributed by atoms with E-state index in [-0.39, 0.29) is 5.54 Å². The van der Waals surface area contributed by atoms with Crippen molar-refractivity contribution in [2.24, 2.45) is 11.7 Å². The van der Waals surface area contributed by atoms with E-state index in [0.29, 0.717) is 5.11 Å². The van der Waals surface area contributed by atoms with Crippen molar-refractivity contribution in [2.75, 3.05) is 0 Å². The molecule has 0 aromatic rings. The normalized spacial score (nSPS) is 26.2. The Labute approximate surface area is 104 Å². The van der Waals surface area contributed by atoms with Crippen LogP contribution in [0, 0.1) is 5.92 Å². The smallest absolute Gasteiger partial charge is 0.164 e. The van der Waals surface area contributed by atoms with Crippen molar-refractivity contribution < 1.29 is 0 Å². The van der Waals surface area contributed by atoms with Crippen molar-refractivity contribution in [1.82, 2.24) is 5.32 Å². The van der Waals surface area contributed by atoms with Gasteiger partial charge >= 0.3 is 0 Å². The van der Waals surface area contributed by atoms with Crippen LogP contribution in [0.4, 0.5) is 0 Å². The largest absolute Gasteiger partial charge is 0.376 e. The lowest BCUT2D eigenvalue weighted by molar-refractivity contribution is 0.134. The Morgan fingerprint density at radius 1 is 1.00 bits per heavy atom. The van der Waals surface area contributed by atoms with E-state index >= 15 is 0 Å². The number of hydrogen-bond donors (Lipinski definition) is 2. The Bertz CT molecular complexity index is 240. The zero-order chi connectivity index (χ0) is 11.4. The minimum Gasteiger partial charge on any atom is -0.376 e. The van der Waals surface area contributed by atoms with Crippen LogP contribution < -0.4 is 11.1 Å². The standard InChI is InChI=1S/C13H24N2S/c14-12(16)15-13(9-5-2-6-10-13)11-7-3-1-4-8-11/h11H,1-10H2,(H3,14,15,16). The van der Waals surface area contributed by atoms with Crippen LogP contribution in [0.3, 0.4) is 0 Å². The van der Waals surface area contributed by atoms with Gasteiger partial charge in [0.05, 0.1) is 0 Å². The van der Waals surface area contributed by atoms with Crippen LogP contribution in [-0.2, 0) is 0 Å². The predicted octanol–water partition coefficient (Wildman–Crippen LogP) is 3.10. The van der Waals surface area contributed by atoms with Crippen LogP contribution in [0.15, 0.2) is 0 Å². The fourth-order valence-corrected chi connectivity index (χ4v) is 3.92. The van der Waals surface area contributed by atoms with E-state index < -0.39 is 0 Å². The van der Waals surface area contributed by atoms with Gasteiger partial charge in [0.25, 0.3) is 0 Å². The first-order valence-electron chi connectivity index (χ1n) is 6.81. The van der Waals surface area contributed by atoms with Crippen molar-refractivity contribution >= 4 is 17.3 Å². The first kappa shape index (κ1) is 12.2. The van der Waals surface area contributed by atoms with Crippen LogP contribution >= 0.6 is 12.2 Å². The highest BCUT2D eigenvalue weighted by atomic mass is 32.1. The number of nitrogens with one attached hydrogen (secondary N) is 1. The summed E-state index contributed by atoms with van der Waals surface area (Å²) >= 11 is 5.08. The molecule has 2 nitrogen and oxygen atoms in total. The minimum atomic E-state index is 0.254. The van der Waals surface area contributed by atoms with Crippen LogP contribution in [-0.4, -0.2) is 10.7 Å². The zero-order valence-electron chi connectivity index (χ0n) is 10.1. The lowest BCUT2D eigenvalue weighted by Crippen LogP contribution is -2.56. The van der Waals surface area contributed by atoms with Gasteiger partial charge in [-0.1, -0.05) is 38.5 Å². The molecule has 0 atom stereocenters. The Morgan fingerprint density at radius 2 is 1.56 bits per heavy atom. The molecule has 0 aromatic carbocycles. The minimum absolute atomic E-state index is 0.254. The highest BCUT2D eigenvalue weighted by Crippen LogP contribution is 2.41. The molecule has 2 aliphatic carbocycles. The SMILES string of the molecule is NC(=S)NC1(C2CCCCC2)CCCCC1. The summed E-state index contributed by atoms with van der Waals surface area (Å²) in [5, 5.41) is 3.98. The molecule has 2 saturated carbocycles. The van der Waals surface area contributed by atoms with E-state index in [1.54, 1.807) is 0 Å². The second kappa shape index (κ2) is 5.35. The van der Waals surface area contributed by atoms with Gasteiger partial charge in [0.2, 0.25) is 0 Å². The topological polar surface area (TPSA) is 38.0 Å². The van der Waals surface area contributed by atoms with E-state index in [0.717, 1.165) is 5.92 Å².